The number of benzene rings is 1. The number of thiophene rings is 1. The van der Waals surface area contributed by atoms with Gasteiger partial charge in [-0.1, -0.05) is 17.4 Å². The van der Waals surface area contributed by atoms with Crippen LogP contribution in [0.25, 0.3) is 0 Å². The maximum Gasteiger partial charge on any atom is 0.345 e. The van der Waals surface area contributed by atoms with Crippen molar-refractivity contribution in [3.63, 3.8) is 0 Å². The zero-order valence-electron chi connectivity index (χ0n) is 10.5. The average Bonchev–Trinajstić information content (AvgIpc) is 2.74. The van der Waals surface area contributed by atoms with Crippen LogP contribution in [-0.2, 0) is 0 Å². The minimum Gasteiger partial charge on any atom is -0.477 e. The van der Waals surface area contributed by atoms with E-state index in [1.165, 1.54) is 5.56 Å². The summed E-state index contributed by atoms with van der Waals surface area (Å²) in [6.45, 7) is 6.04. The van der Waals surface area contributed by atoms with Crippen molar-refractivity contribution in [1.29, 1.82) is 0 Å². The minimum absolute atomic E-state index is 0.284. The third kappa shape index (κ3) is 2.54. The van der Waals surface area contributed by atoms with Gasteiger partial charge in [0.1, 0.15) is 10.6 Å². The molecule has 0 aliphatic carbocycles. The molecule has 0 atom stereocenters. The molecule has 1 aromatic heterocycles. The summed E-state index contributed by atoms with van der Waals surface area (Å²) in [5, 5.41) is 9.46. The Labute approximate surface area is 110 Å². The standard InChI is InChI=1S/C14H14O3S/c1-8-6-9(2)10(3)11(7-8)17-13-5-4-12(18-13)14(15)16/h4-7H,1-3H3,(H,15,16). The van der Waals surface area contributed by atoms with Crippen LogP contribution in [0, 0.1) is 20.8 Å². The predicted molar refractivity (Wildman–Crippen MR) is 72.0 cm³/mol. The first kappa shape index (κ1) is 12.6. The normalized spacial score (nSPS) is 10.4. The molecule has 0 unspecified atom stereocenters. The van der Waals surface area contributed by atoms with E-state index in [4.69, 9.17) is 9.84 Å². The Bertz CT molecular complexity index is 599. The van der Waals surface area contributed by atoms with Gasteiger partial charge in [0.15, 0.2) is 5.06 Å². The number of carboxylic acids is 1. The van der Waals surface area contributed by atoms with Gasteiger partial charge in [-0.25, -0.2) is 4.79 Å². The Kier molecular flexibility index (Phi) is 3.39. The number of carboxylic acid groups (broad SMARTS) is 1. The van der Waals surface area contributed by atoms with Gasteiger partial charge < -0.3 is 9.84 Å². The van der Waals surface area contributed by atoms with Crippen molar-refractivity contribution in [3.8, 4) is 10.8 Å². The highest BCUT2D eigenvalue weighted by Crippen LogP contribution is 2.32. The molecule has 0 spiro atoms. The lowest BCUT2D eigenvalue weighted by Gasteiger charge is -2.10. The van der Waals surface area contributed by atoms with Crippen molar-refractivity contribution < 1.29 is 14.6 Å². The van der Waals surface area contributed by atoms with Gasteiger partial charge in [0.25, 0.3) is 0 Å². The van der Waals surface area contributed by atoms with E-state index in [9.17, 15) is 4.79 Å². The smallest absolute Gasteiger partial charge is 0.345 e. The number of hydrogen-bond acceptors (Lipinski definition) is 3. The number of ether oxygens (including phenoxy) is 1. The maximum atomic E-state index is 10.8. The van der Waals surface area contributed by atoms with Crippen LogP contribution < -0.4 is 4.74 Å². The van der Waals surface area contributed by atoms with Crippen LogP contribution in [0.5, 0.6) is 10.8 Å². The zero-order valence-corrected chi connectivity index (χ0v) is 11.3. The van der Waals surface area contributed by atoms with E-state index >= 15 is 0 Å². The van der Waals surface area contributed by atoms with Gasteiger partial charge in [-0.05, 0) is 55.7 Å². The van der Waals surface area contributed by atoms with Gasteiger partial charge >= 0.3 is 5.97 Å². The van der Waals surface area contributed by atoms with Crippen molar-refractivity contribution in [2.24, 2.45) is 0 Å². The molecular weight excluding hydrogens is 248 g/mol. The molecule has 0 radical (unpaired) electrons. The second-order valence-electron chi connectivity index (χ2n) is 4.23. The van der Waals surface area contributed by atoms with Gasteiger partial charge in [-0.2, -0.15) is 0 Å². The second-order valence-corrected chi connectivity index (χ2v) is 5.28. The molecule has 4 heteroatoms. The fourth-order valence-electron chi connectivity index (χ4n) is 1.71. The maximum absolute atomic E-state index is 10.8. The number of aromatic carboxylic acids is 1. The average molecular weight is 262 g/mol. The summed E-state index contributed by atoms with van der Waals surface area (Å²) in [5.41, 5.74) is 3.37. The Hall–Kier alpha value is -1.81. The Morgan fingerprint density at radius 1 is 1.22 bits per heavy atom. The molecule has 3 nitrogen and oxygen atoms in total. The third-order valence-electron chi connectivity index (χ3n) is 2.77. The highest BCUT2D eigenvalue weighted by molar-refractivity contribution is 7.15. The van der Waals surface area contributed by atoms with Crippen LogP contribution in [0.1, 0.15) is 26.4 Å². The molecule has 0 aliphatic heterocycles. The molecule has 2 rings (SSSR count). The van der Waals surface area contributed by atoms with Gasteiger partial charge in [0.2, 0.25) is 0 Å². The monoisotopic (exact) mass is 262 g/mol. The Morgan fingerprint density at radius 3 is 2.56 bits per heavy atom. The summed E-state index contributed by atoms with van der Waals surface area (Å²) in [6.07, 6.45) is 0. The number of rotatable bonds is 3. The van der Waals surface area contributed by atoms with E-state index in [0.717, 1.165) is 28.2 Å². The molecule has 0 amide bonds. The van der Waals surface area contributed by atoms with Gasteiger partial charge in [0, 0.05) is 0 Å². The predicted octanol–water partition coefficient (Wildman–Crippen LogP) is 4.16. The molecule has 1 heterocycles. The highest BCUT2D eigenvalue weighted by Gasteiger charge is 2.10. The summed E-state index contributed by atoms with van der Waals surface area (Å²) in [6, 6.07) is 7.30. The molecule has 0 fully saturated rings. The zero-order chi connectivity index (χ0) is 13.3. The van der Waals surface area contributed by atoms with Crippen molar-refractivity contribution >= 4 is 17.3 Å². The SMILES string of the molecule is Cc1cc(C)c(C)c(Oc2ccc(C(=O)O)s2)c1. The topological polar surface area (TPSA) is 46.5 Å². The van der Waals surface area contributed by atoms with Gasteiger partial charge in [-0.3, -0.25) is 0 Å². The molecular formula is C14H14O3S. The van der Waals surface area contributed by atoms with Crippen LogP contribution in [0.4, 0.5) is 0 Å². The first-order chi connectivity index (χ1) is 8.47. The van der Waals surface area contributed by atoms with E-state index in [0.29, 0.717) is 5.06 Å². The van der Waals surface area contributed by atoms with E-state index in [2.05, 4.69) is 6.07 Å². The fourth-order valence-corrected chi connectivity index (χ4v) is 2.41. The van der Waals surface area contributed by atoms with Gasteiger partial charge in [0.05, 0.1) is 0 Å². The first-order valence-electron chi connectivity index (χ1n) is 5.56. The van der Waals surface area contributed by atoms with Gasteiger partial charge in [-0.15, -0.1) is 0 Å². The fraction of sp³-hybridized carbons (Fsp3) is 0.214. The summed E-state index contributed by atoms with van der Waals surface area (Å²) >= 11 is 1.13. The lowest BCUT2D eigenvalue weighted by Crippen LogP contribution is -1.91. The van der Waals surface area contributed by atoms with Crippen molar-refractivity contribution in [2.45, 2.75) is 20.8 Å². The molecule has 94 valence electrons. The molecule has 2 aromatic rings. The van der Waals surface area contributed by atoms with E-state index in [1.807, 2.05) is 26.8 Å². The summed E-state index contributed by atoms with van der Waals surface area (Å²) in [4.78, 5) is 11.1. The molecule has 0 saturated carbocycles. The molecule has 0 bridgehead atoms. The van der Waals surface area contributed by atoms with Crippen LogP contribution in [0.3, 0.4) is 0 Å². The summed E-state index contributed by atoms with van der Waals surface area (Å²) in [7, 11) is 0. The van der Waals surface area contributed by atoms with Crippen LogP contribution in [0.2, 0.25) is 0 Å². The van der Waals surface area contributed by atoms with Crippen LogP contribution >= 0.6 is 11.3 Å². The number of carbonyl (C=O) groups is 1. The number of aryl methyl sites for hydroxylation is 2. The summed E-state index contributed by atoms with van der Waals surface area (Å²) in [5.74, 6) is -0.140. The van der Waals surface area contributed by atoms with Crippen molar-refractivity contribution in [3.05, 3.63) is 45.8 Å². The third-order valence-corrected chi connectivity index (χ3v) is 3.72. The first-order valence-corrected chi connectivity index (χ1v) is 6.38. The van der Waals surface area contributed by atoms with Crippen LogP contribution in [0.15, 0.2) is 24.3 Å². The van der Waals surface area contributed by atoms with Crippen molar-refractivity contribution in [1.82, 2.24) is 0 Å². The lowest BCUT2D eigenvalue weighted by atomic mass is 10.1. The molecule has 0 aliphatic rings. The highest BCUT2D eigenvalue weighted by atomic mass is 32.1. The van der Waals surface area contributed by atoms with E-state index in [1.54, 1.807) is 12.1 Å². The number of hydrogen-bond donors (Lipinski definition) is 1. The van der Waals surface area contributed by atoms with Crippen molar-refractivity contribution in [2.75, 3.05) is 0 Å². The Balaban J connectivity index is 2.30. The minimum atomic E-state index is -0.924. The summed E-state index contributed by atoms with van der Waals surface area (Å²) < 4.78 is 5.76. The molecule has 18 heavy (non-hydrogen) atoms. The van der Waals surface area contributed by atoms with Crippen LogP contribution in [-0.4, -0.2) is 11.1 Å². The van der Waals surface area contributed by atoms with E-state index in [-0.39, 0.29) is 4.88 Å². The quantitative estimate of drug-likeness (QED) is 0.903. The van der Waals surface area contributed by atoms with E-state index < -0.39 is 5.97 Å². The molecule has 0 saturated heterocycles. The molecule has 1 aromatic carbocycles. The lowest BCUT2D eigenvalue weighted by molar-refractivity contribution is 0.0702. The largest absolute Gasteiger partial charge is 0.477 e. The Morgan fingerprint density at radius 2 is 1.94 bits per heavy atom. The second kappa shape index (κ2) is 4.82. The molecule has 1 N–H and O–H groups in total.